The molecule has 8 heteroatoms. The van der Waals surface area contributed by atoms with Crippen molar-refractivity contribution in [2.24, 2.45) is 0 Å². The number of nitrogens with zero attached hydrogens (tertiary/aromatic N) is 3. The van der Waals surface area contributed by atoms with Gasteiger partial charge in [-0.05, 0) is 79.4 Å². The molecule has 0 bridgehead atoms. The molecule has 2 aromatic carbocycles. The Morgan fingerprint density at radius 3 is 2.47 bits per heavy atom. The van der Waals surface area contributed by atoms with Gasteiger partial charge in [0.15, 0.2) is 0 Å². The zero-order valence-electron chi connectivity index (χ0n) is 17.6. The number of hydrogen-bond acceptors (Lipinski definition) is 4. The highest BCUT2D eigenvalue weighted by atomic mass is 32.2. The molecule has 1 aliphatic rings. The summed E-state index contributed by atoms with van der Waals surface area (Å²) in [6.07, 6.45) is 7.04. The minimum absolute atomic E-state index is 0.138. The third-order valence-corrected chi connectivity index (χ3v) is 7.41. The topological polar surface area (TPSA) is 68.9 Å². The molecule has 0 aliphatic heterocycles. The summed E-state index contributed by atoms with van der Waals surface area (Å²) in [4.78, 5) is 0.138. The Bertz CT molecular complexity index is 1360. The third kappa shape index (κ3) is 3.55. The predicted molar refractivity (Wildman–Crippen MR) is 121 cm³/mol. The Morgan fingerprint density at radius 1 is 1.09 bits per heavy atom. The first-order valence-electron chi connectivity index (χ1n) is 10.5. The van der Waals surface area contributed by atoms with Gasteiger partial charge in [0.1, 0.15) is 5.82 Å². The van der Waals surface area contributed by atoms with E-state index < -0.39 is 15.8 Å². The van der Waals surface area contributed by atoms with Crippen LogP contribution in [0.1, 0.15) is 29.9 Å². The molecule has 2 heterocycles. The molecule has 6 nitrogen and oxygen atoms in total. The molecule has 1 saturated carbocycles. The van der Waals surface area contributed by atoms with E-state index in [9.17, 15) is 12.8 Å². The zero-order chi connectivity index (χ0) is 22.3. The molecule has 0 amide bonds. The normalized spacial score (nSPS) is 14.1. The van der Waals surface area contributed by atoms with Gasteiger partial charge in [0.05, 0.1) is 16.3 Å². The second-order valence-electron chi connectivity index (χ2n) is 7.95. The summed E-state index contributed by atoms with van der Waals surface area (Å²) < 4.78 is 45.3. The lowest BCUT2D eigenvalue weighted by molar-refractivity contribution is 0.587. The molecule has 1 fully saturated rings. The van der Waals surface area contributed by atoms with Crippen molar-refractivity contribution in [3.63, 3.8) is 0 Å². The van der Waals surface area contributed by atoms with Crippen molar-refractivity contribution in [3.8, 4) is 16.9 Å². The van der Waals surface area contributed by atoms with Gasteiger partial charge in [-0.1, -0.05) is 12.1 Å². The maximum atomic E-state index is 14.9. The fourth-order valence-corrected chi connectivity index (χ4v) is 5.53. The number of rotatable bonds is 7. The van der Waals surface area contributed by atoms with Crippen LogP contribution in [0, 0.1) is 5.82 Å². The van der Waals surface area contributed by atoms with Crippen LogP contribution in [0.2, 0.25) is 0 Å². The summed E-state index contributed by atoms with van der Waals surface area (Å²) in [5.74, 6) is -0.194. The molecular weight excluding hydrogens is 427 g/mol. The van der Waals surface area contributed by atoms with E-state index in [1.54, 1.807) is 71.8 Å². The molecule has 32 heavy (non-hydrogen) atoms. The van der Waals surface area contributed by atoms with Gasteiger partial charge in [-0.3, -0.25) is 0 Å². The first kappa shape index (κ1) is 20.7. The number of benzene rings is 2. The Hall–Kier alpha value is -3.23. The minimum atomic E-state index is -3.95. The lowest BCUT2D eigenvalue weighted by Crippen LogP contribution is -2.14. The Labute approximate surface area is 186 Å². The first-order chi connectivity index (χ1) is 15.5. The molecule has 164 valence electrons. The van der Waals surface area contributed by atoms with Gasteiger partial charge in [0, 0.05) is 30.7 Å². The fourth-order valence-electron chi connectivity index (χ4n) is 4.12. The van der Waals surface area contributed by atoms with Crippen LogP contribution in [-0.4, -0.2) is 29.2 Å². The van der Waals surface area contributed by atoms with Crippen molar-refractivity contribution in [3.05, 3.63) is 90.1 Å². The summed E-state index contributed by atoms with van der Waals surface area (Å²) >= 11 is 0. The van der Waals surface area contributed by atoms with E-state index in [4.69, 9.17) is 0 Å². The fraction of sp³-hybridized carbons (Fsp3) is 0.208. The molecule has 1 aliphatic carbocycles. The second kappa shape index (κ2) is 8.03. The highest BCUT2D eigenvalue weighted by molar-refractivity contribution is 7.90. The van der Waals surface area contributed by atoms with Crippen molar-refractivity contribution < 1.29 is 12.8 Å². The Morgan fingerprint density at radius 2 is 1.84 bits per heavy atom. The molecular formula is C24H23FN4O2S. The van der Waals surface area contributed by atoms with Gasteiger partial charge in [0.2, 0.25) is 0 Å². The van der Waals surface area contributed by atoms with E-state index in [0.717, 1.165) is 29.7 Å². The zero-order valence-corrected chi connectivity index (χ0v) is 18.4. The summed E-state index contributed by atoms with van der Waals surface area (Å²) in [6, 6.07) is 14.7. The smallest absolute Gasteiger partial charge is 0.268 e. The van der Waals surface area contributed by atoms with Gasteiger partial charge in [0.25, 0.3) is 10.0 Å². The highest BCUT2D eigenvalue weighted by Crippen LogP contribution is 2.48. The van der Waals surface area contributed by atoms with Crippen molar-refractivity contribution in [2.45, 2.75) is 30.2 Å². The predicted octanol–water partition coefficient (Wildman–Crippen LogP) is 4.31. The van der Waals surface area contributed by atoms with E-state index in [1.165, 1.54) is 10.0 Å². The molecule has 0 saturated heterocycles. The van der Waals surface area contributed by atoms with Crippen LogP contribution in [-0.2, 0) is 16.6 Å². The summed E-state index contributed by atoms with van der Waals surface area (Å²) in [6.45, 7) is 0.508. The van der Waals surface area contributed by atoms with Crippen molar-refractivity contribution >= 4 is 10.0 Å². The monoisotopic (exact) mass is 450 g/mol. The van der Waals surface area contributed by atoms with E-state index in [2.05, 4.69) is 10.4 Å². The van der Waals surface area contributed by atoms with Gasteiger partial charge in [-0.15, -0.1) is 0 Å². The molecule has 0 spiro atoms. The largest absolute Gasteiger partial charge is 0.316 e. The lowest BCUT2D eigenvalue weighted by Gasteiger charge is -2.14. The van der Waals surface area contributed by atoms with E-state index in [0.29, 0.717) is 17.8 Å². The first-order valence-corrected chi connectivity index (χ1v) is 11.9. The van der Waals surface area contributed by atoms with Crippen LogP contribution < -0.4 is 5.32 Å². The van der Waals surface area contributed by atoms with Crippen molar-refractivity contribution in [1.82, 2.24) is 19.1 Å². The molecule has 0 radical (unpaired) electrons. The molecule has 0 unspecified atom stereocenters. The van der Waals surface area contributed by atoms with E-state index in [-0.39, 0.29) is 10.8 Å². The number of aromatic nitrogens is 3. The Balaban J connectivity index is 1.68. The van der Waals surface area contributed by atoms with E-state index in [1.807, 2.05) is 7.05 Å². The van der Waals surface area contributed by atoms with Crippen molar-refractivity contribution in [1.29, 1.82) is 0 Å². The maximum absolute atomic E-state index is 14.9. The SMILES string of the molecule is CNCc1cn(S(=O)(=O)c2ccc(-n3cccn3)cc2)c(-c2ccccc2F)c1C1CC1. The van der Waals surface area contributed by atoms with Gasteiger partial charge < -0.3 is 5.32 Å². The van der Waals surface area contributed by atoms with Gasteiger partial charge in [-0.2, -0.15) is 5.10 Å². The minimum Gasteiger partial charge on any atom is -0.316 e. The Kier molecular flexibility index (Phi) is 5.19. The third-order valence-electron chi connectivity index (χ3n) is 5.74. The summed E-state index contributed by atoms with van der Waals surface area (Å²) in [5.41, 5.74) is 3.27. The summed E-state index contributed by atoms with van der Waals surface area (Å²) in [7, 11) is -2.13. The van der Waals surface area contributed by atoms with Crippen LogP contribution in [0.25, 0.3) is 16.9 Å². The molecule has 2 aromatic heterocycles. The lowest BCUT2D eigenvalue weighted by atomic mass is 10.0. The number of nitrogens with one attached hydrogen (secondary N) is 1. The standard InChI is InChI=1S/C24H23FN4O2S/c1-26-15-18-16-29(24(23(18)17-7-8-17)21-5-2-3-6-22(21)25)32(30,31)20-11-9-19(10-12-20)28-14-4-13-27-28/h2-6,9-14,16-17,26H,7-8,15H2,1H3. The highest BCUT2D eigenvalue weighted by Gasteiger charge is 2.35. The number of hydrogen-bond donors (Lipinski definition) is 1. The molecule has 0 atom stereocenters. The van der Waals surface area contributed by atoms with Crippen LogP contribution >= 0.6 is 0 Å². The van der Waals surface area contributed by atoms with Crippen LogP contribution in [0.15, 0.2) is 78.1 Å². The quantitative estimate of drug-likeness (QED) is 0.456. The van der Waals surface area contributed by atoms with E-state index >= 15 is 0 Å². The second-order valence-corrected chi connectivity index (χ2v) is 9.76. The van der Waals surface area contributed by atoms with Gasteiger partial charge >= 0.3 is 0 Å². The number of halogens is 1. The maximum Gasteiger partial charge on any atom is 0.268 e. The van der Waals surface area contributed by atoms with Gasteiger partial charge in [-0.25, -0.2) is 21.5 Å². The van der Waals surface area contributed by atoms with Crippen LogP contribution in [0.3, 0.4) is 0 Å². The molecule has 5 rings (SSSR count). The van der Waals surface area contributed by atoms with Crippen LogP contribution in [0.4, 0.5) is 4.39 Å². The average Bonchev–Trinajstić information content (AvgIpc) is 3.33. The molecule has 4 aromatic rings. The average molecular weight is 451 g/mol. The molecule has 1 N–H and O–H groups in total. The summed E-state index contributed by atoms with van der Waals surface area (Å²) in [5, 5.41) is 7.29. The van der Waals surface area contributed by atoms with Crippen LogP contribution in [0.5, 0.6) is 0 Å². The van der Waals surface area contributed by atoms with Crippen molar-refractivity contribution in [2.75, 3.05) is 7.05 Å².